The van der Waals surface area contributed by atoms with Crippen LogP contribution in [0.15, 0.2) is 24.3 Å². The van der Waals surface area contributed by atoms with E-state index in [1.54, 1.807) is 0 Å². The van der Waals surface area contributed by atoms with Crippen molar-refractivity contribution in [2.45, 2.75) is 6.42 Å². The molecule has 74 valence electrons. The van der Waals surface area contributed by atoms with E-state index in [1.807, 2.05) is 0 Å². The van der Waals surface area contributed by atoms with Crippen LogP contribution in [0.2, 0.25) is 0 Å². The number of aromatic hydroxyl groups is 1. The minimum Gasteiger partial charge on any atom is -0.505 e. The number of hydrogen-bond donors (Lipinski definition) is 2. The number of carboxylic acids is 1. The largest absolute Gasteiger partial charge is 0.505 e. The number of rotatable bonds is 3. The highest BCUT2D eigenvalue weighted by Crippen LogP contribution is 2.17. The second-order valence-corrected chi connectivity index (χ2v) is 2.71. The SMILES string of the molecule is O=C(O)CC=Cc1ccc(F)c(O)c1. The molecule has 0 saturated heterocycles. The molecule has 0 heterocycles. The van der Waals surface area contributed by atoms with E-state index in [1.165, 1.54) is 24.3 Å². The van der Waals surface area contributed by atoms with Crippen molar-refractivity contribution in [3.8, 4) is 5.75 Å². The van der Waals surface area contributed by atoms with Crippen molar-refractivity contribution in [3.05, 3.63) is 35.7 Å². The fourth-order valence-corrected chi connectivity index (χ4v) is 0.929. The zero-order chi connectivity index (χ0) is 10.6. The van der Waals surface area contributed by atoms with E-state index in [4.69, 9.17) is 10.2 Å². The number of benzene rings is 1. The molecule has 1 rings (SSSR count). The second-order valence-electron chi connectivity index (χ2n) is 2.71. The molecule has 2 N–H and O–H groups in total. The zero-order valence-corrected chi connectivity index (χ0v) is 7.27. The van der Waals surface area contributed by atoms with Gasteiger partial charge in [-0.2, -0.15) is 0 Å². The van der Waals surface area contributed by atoms with Crippen LogP contribution in [0.25, 0.3) is 6.08 Å². The van der Waals surface area contributed by atoms with Gasteiger partial charge in [0.05, 0.1) is 6.42 Å². The van der Waals surface area contributed by atoms with Gasteiger partial charge < -0.3 is 10.2 Å². The van der Waals surface area contributed by atoms with Crippen LogP contribution in [0.3, 0.4) is 0 Å². The van der Waals surface area contributed by atoms with Crippen molar-refractivity contribution in [2.24, 2.45) is 0 Å². The molecule has 0 amide bonds. The summed E-state index contributed by atoms with van der Waals surface area (Å²) >= 11 is 0. The topological polar surface area (TPSA) is 57.5 Å². The van der Waals surface area contributed by atoms with Crippen LogP contribution < -0.4 is 0 Å². The summed E-state index contributed by atoms with van der Waals surface area (Å²) in [6, 6.07) is 3.80. The second kappa shape index (κ2) is 4.41. The van der Waals surface area contributed by atoms with E-state index >= 15 is 0 Å². The molecule has 0 spiro atoms. The van der Waals surface area contributed by atoms with E-state index in [2.05, 4.69) is 0 Å². The third-order valence-electron chi connectivity index (χ3n) is 1.57. The van der Waals surface area contributed by atoms with E-state index in [9.17, 15) is 9.18 Å². The molecule has 0 aliphatic carbocycles. The number of carboxylic acid groups (broad SMARTS) is 1. The predicted octanol–water partition coefficient (Wildman–Crippen LogP) is 2.02. The van der Waals surface area contributed by atoms with Crippen LogP contribution >= 0.6 is 0 Å². The summed E-state index contributed by atoms with van der Waals surface area (Å²) < 4.78 is 12.6. The normalized spacial score (nSPS) is 10.6. The quantitative estimate of drug-likeness (QED) is 0.777. The Hall–Kier alpha value is -1.84. The summed E-state index contributed by atoms with van der Waals surface area (Å²) in [5.74, 6) is -2.07. The standard InChI is InChI=1S/C10H9FO3/c11-8-5-4-7(6-9(8)12)2-1-3-10(13)14/h1-2,4-6,12H,3H2,(H,13,14). The molecule has 1 aromatic rings. The molecule has 0 bridgehead atoms. The Morgan fingerprint density at radius 3 is 2.79 bits per heavy atom. The number of halogens is 1. The van der Waals surface area contributed by atoms with Gasteiger partial charge in [0.25, 0.3) is 0 Å². The van der Waals surface area contributed by atoms with Gasteiger partial charge in [0.15, 0.2) is 11.6 Å². The van der Waals surface area contributed by atoms with Crippen LogP contribution in [0.1, 0.15) is 12.0 Å². The Bertz CT molecular complexity index is 372. The summed E-state index contributed by atoms with van der Waals surface area (Å²) in [5, 5.41) is 17.3. The van der Waals surface area contributed by atoms with Gasteiger partial charge in [-0.1, -0.05) is 18.2 Å². The molecule has 0 saturated carbocycles. The fourth-order valence-electron chi connectivity index (χ4n) is 0.929. The van der Waals surface area contributed by atoms with Crippen molar-refractivity contribution >= 4 is 12.0 Å². The van der Waals surface area contributed by atoms with Gasteiger partial charge in [0.2, 0.25) is 0 Å². The van der Waals surface area contributed by atoms with Gasteiger partial charge >= 0.3 is 5.97 Å². The van der Waals surface area contributed by atoms with E-state index in [0.29, 0.717) is 5.56 Å². The molecule has 0 aromatic heterocycles. The minimum atomic E-state index is -0.937. The van der Waals surface area contributed by atoms with Gasteiger partial charge in [-0.25, -0.2) is 4.39 Å². The predicted molar refractivity (Wildman–Crippen MR) is 49.4 cm³/mol. The summed E-state index contributed by atoms with van der Waals surface area (Å²) in [6.07, 6.45) is 2.83. The van der Waals surface area contributed by atoms with Crippen LogP contribution in [0.4, 0.5) is 4.39 Å². The third kappa shape index (κ3) is 2.90. The molecular formula is C10H9FO3. The van der Waals surface area contributed by atoms with Crippen LogP contribution in [-0.4, -0.2) is 16.2 Å². The van der Waals surface area contributed by atoms with Crippen molar-refractivity contribution < 1.29 is 19.4 Å². The molecular weight excluding hydrogens is 187 g/mol. The molecule has 0 atom stereocenters. The maximum Gasteiger partial charge on any atom is 0.307 e. The lowest BCUT2D eigenvalue weighted by atomic mass is 10.2. The monoisotopic (exact) mass is 196 g/mol. The van der Waals surface area contributed by atoms with Gasteiger partial charge in [-0.15, -0.1) is 0 Å². The Kier molecular flexibility index (Phi) is 3.23. The number of phenolic OH excluding ortho intramolecular Hbond substituents is 1. The molecule has 3 nitrogen and oxygen atoms in total. The molecule has 0 aliphatic heterocycles. The van der Waals surface area contributed by atoms with Crippen molar-refractivity contribution in [1.82, 2.24) is 0 Å². The highest BCUT2D eigenvalue weighted by molar-refractivity contribution is 5.70. The van der Waals surface area contributed by atoms with Crippen LogP contribution in [0.5, 0.6) is 5.75 Å². The Morgan fingerprint density at radius 1 is 1.50 bits per heavy atom. The Morgan fingerprint density at radius 2 is 2.21 bits per heavy atom. The molecule has 1 aromatic carbocycles. The average molecular weight is 196 g/mol. The number of aliphatic carboxylic acids is 1. The number of phenols is 1. The smallest absolute Gasteiger partial charge is 0.307 e. The summed E-state index contributed by atoms with van der Waals surface area (Å²) in [4.78, 5) is 10.1. The number of hydrogen-bond acceptors (Lipinski definition) is 2. The molecule has 4 heteroatoms. The van der Waals surface area contributed by atoms with Crippen LogP contribution in [0, 0.1) is 5.82 Å². The maximum absolute atomic E-state index is 12.6. The lowest BCUT2D eigenvalue weighted by molar-refractivity contribution is -0.135. The molecule has 0 aliphatic rings. The lowest BCUT2D eigenvalue weighted by Crippen LogP contribution is -1.89. The highest BCUT2D eigenvalue weighted by atomic mass is 19.1. The molecule has 0 fully saturated rings. The molecule has 0 unspecified atom stereocenters. The van der Waals surface area contributed by atoms with E-state index in [-0.39, 0.29) is 6.42 Å². The number of carbonyl (C=O) groups is 1. The average Bonchev–Trinajstić information content (AvgIpc) is 2.10. The first kappa shape index (κ1) is 10.2. The van der Waals surface area contributed by atoms with Crippen molar-refractivity contribution in [2.75, 3.05) is 0 Å². The molecule has 14 heavy (non-hydrogen) atoms. The fraction of sp³-hybridized carbons (Fsp3) is 0.100. The van der Waals surface area contributed by atoms with Gasteiger partial charge in [0, 0.05) is 0 Å². The van der Waals surface area contributed by atoms with Gasteiger partial charge in [-0.05, 0) is 17.7 Å². The summed E-state index contributed by atoms with van der Waals surface area (Å²) in [5.41, 5.74) is 0.560. The van der Waals surface area contributed by atoms with Crippen molar-refractivity contribution in [3.63, 3.8) is 0 Å². The summed E-state index contributed by atoms with van der Waals surface area (Å²) in [6.45, 7) is 0. The highest BCUT2D eigenvalue weighted by Gasteiger charge is 1.98. The maximum atomic E-state index is 12.6. The van der Waals surface area contributed by atoms with Crippen LogP contribution in [-0.2, 0) is 4.79 Å². The van der Waals surface area contributed by atoms with Gasteiger partial charge in [0.1, 0.15) is 0 Å². The first-order valence-corrected chi connectivity index (χ1v) is 3.96. The first-order chi connectivity index (χ1) is 6.59. The lowest BCUT2D eigenvalue weighted by Gasteiger charge is -1.96. The van der Waals surface area contributed by atoms with Crippen molar-refractivity contribution in [1.29, 1.82) is 0 Å². The Balaban J connectivity index is 2.73. The molecule has 0 radical (unpaired) electrons. The summed E-state index contributed by atoms with van der Waals surface area (Å²) in [7, 11) is 0. The van der Waals surface area contributed by atoms with Gasteiger partial charge in [-0.3, -0.25) is 4.79 Å². The first-order valence-electron chi connectivity index (χ1n) is 3.96. The van der Waals surface area contributed by atoms with E-state index < -0.39 is 17.5 Å². The third-order valence-corrected chi connectivity index (χ3v) is 1.57. The minimum absolute atomic E-state index is 0.0991. The Labute approximate surface area is 80.1 Å². The zero-order valence-electron chi connectivity index (χ0n) is 7.27. The van der Waals surface area contributed by atoms with E-state index in [0.717, 1.165) is 6.07 Å².